The zero-order chi connectivity index (χ0) is 30.1. The van der Waals surface area contributed by atoms with E-state index in [-0.39, 0.29) is 23.5 Å². The van der Waals surface area contributed by atoms with Crippen LogP contribution in [0.25, 0.3) is 11.2 Å². The van der Waals surface area contributed by atoms with Gasteiger partial charge in [0.1, 0.15) is 24.5 Å². The second kappa shape index (κ2) is 12.5. The van der Waals surface area contributed by atoms with Crippen LogP contribution in [0.5, 0.6) is 0 Å². The average Bonchev–Trinajstić information content (AvgIpc) is 3.59. The number of carbonyl (C=O) groups excluding carboxylic acids is 2. The fourth-order valence-corrected chi connectivity index (χ4v) is 5.69. The van der Waals surface area contributed by atoms with Crippen LogP contribution in [0, 0.1) is 5.41 Å². The van der Waals surface area contributed by atoms with Crippen molar-refractivity contribution in [2.45, 2.75) is 77.0 Å². The van der Waals surface area contributed by atoms with Gasteiger partial charge in [-0.15, -0.1) is 0 Å². The minimum Gasteiger partial charge on any atom is -0.438 e. The maximum absolute atomic E-state index is 12.6. The van der Waals surface area contributed by atoms with Crippen LogP contribution in [-0.2, 0) is 28.2 Å². The second-order valence-corrected chi connectivity index (χ2v) is 13.5. The summed E-state index contributed by atoms with van der Waals surface area (Å²) in [6, 6.07) is 0.236. The molecule has 15 nitrogen and oxygen atoms in total. The number of nitrogens with zero attached hydrogens (tertiary/aromatic N) is 5. The van der Waals surface area contributed by atoms with Gasteiger partial charge in [-0.05, 0) is 45.2 Å². The van der Waals surface area contributed by atoms with Crippen LogP contribution in [0.15, 0.2) is 6.33 Å². The predicted octanol–water partition coefficient (Wildman–Crippen LogP) is 1.66. The number of hydrogen-bond donors (Lipinski definition) is 4. The highest BCUT2D eigenvalue weighted by atomic mass is 35.5. The van der Waals surface area contributed by atoms with Crippen LogP contribution >= 0.6 is 19.2 Å². The number of anilines is 1. The molecule has 1 saturated heterocycles. The van der Waals surface area contributed by atoms with Crippen LogP contribution in [0.1, 0.15) is 52.7 Å². The molecule has 2 aliphatic rings. The molecule has 2 aromatic heterocycles. The molecule has 0 spiro atoms. The van der Waals surface area contributed by atoms with Gasteiger partial charge in [0.05, 0.1) is 11.7 Å². The van der Waals surface area contributed by atoms with Crippen molar-refractivity contribution in [3.63, 3.8) is 0 Å². The van der Waals surface area contributed by atoms with Crippen LogP contribution in [0.2, 0.25) is 5.28 Å². The molecule has 1 amide bonds. The van der Waals surface area contributed by atoms with E-state index in [1.807, 2.05) is 0 Å². The second-order valence-electron chi connectivity index (χ2n) is 11.3. The summed E-state index contributed by atoms with van der Waals surface area (Å²) < 4.78 is 29.3. The summed E-state index contributed by atoms with van der Waals surface area (Å²) in [4.78, 5) is 48.5. The molecule has 0 radical (unpaired) electrons. The number of imidazole rings is 1. The lowest BCUT2D eigenvalue weighted by Crippen LogP contribution is -2.41. The molecule has 1 aliphatic carbocycles. The Bertz CT molecular complexity index is 1310. The molecule has 1 aliphatic heterocycles. The third-order valence-corrected chi connectivity index (χ3v) is 8.32. The van der Waals surface area contributed by atoms with E-state index in [0.717, 1.165) is 30.6 Å². The van der Waals surface area contributed by atoms with Crippen molar-refractivity contribution >= 4 is 48.1 Å². The molecule has 1 unspecified atom stereocenters. The van der Waals surface area contributed by atoms with Gasteiger partial charge in [-0.1, -0.05) is 12.8 Å². The minimum absolute atomic E-state index is 0.0292. The Kier molecular flexibility index (Phi) is 9.58. The highest BCUT2D eigenvalue weighted by Gasteiger charge is 2.45. The molecule has 0 bridgehead atoms. The standard InChI is InChI=1S/C24H36ClN6O9P/c1-24(2,3)22(35)38-12-39-41(36,37)10-15(32)30(4)9-14-17(33)18(34)21(40-14)31-11-26-16-19(27-13-7-5-6-8-13)28-23(25)29-20(16)31/h11,13-14,17-18,21,33-34H,5-10,12H2,1-4H3,(H,36,37)(H,27,28,29)/t14-,17-,18-,21-/m1/s1. The number of aliphatic hydroxyl groups is 2. The molecule has 4 N–H and O–H groups in total. The van der Waals surface area contributed by atoms with Crippen molar-refractivity contribution in [3.05, 3.63) is 11.6 Å². The monoisotopic (exact) mass is 618 g/mol. The third kappa shape index (κ3) is 7.53. The van der Waals surface area contributed by atoms with Crippen LogP contribution in [0.3, 0.4) is 0 Å². The lowest BCUT2D eigenvalue weighted by atomic mass is 9.98. The van der Waals surface area contributed by atoms with E-state index in [2.05, 4.69) is 20.3 Å². The van der Waals surface area contributed by atoms with E-state index in [0.29, 0.717) is 11.3 Å². The Balaban J connectivity index is 1.38. The first kappa shape index (κ1) is 31.5. The Morgan fingerprint density at radius 2 is 1.93 bits per heavy atom. The van der Waals surface area contributed by atoms with E-state index < -0.39 is 62.4 Å². The number of nitrogens with one attached hydrogen (secondary N) is 1. The summed E-state index contributed by atoms with van der Waals surface area (Å²) in [5, 5.41) is 24.8. The Labute approximate surface area is 241 Å². The molecule has 3 heterocycles. The SMILES string of the molecule is CN(C[C@H]1O[C@@H](n2cnc3c(NC4CCCC4)nc(Cl)nc32)[C@H](O)[C@@H]1O)C(=O)CP(=O)(O)OCOC(=O)C(C)(C)C. The number of aliphatic hydroxyl groups excluding tert-OH is 2. The van der Waals surface area contributed by atoms with Gasteiger partial charge < -0.3 is 34.8 Å². The summed E-state index contributed by atoms with van der Waals surface area (Å²) >= 11 is 6.18. The van der Waals surface area contributed by atoms with Crippen molar-refractivity contribution in [2.24, 2.45) is 5.41 Å². The number of rotatable bonds is 10. The summed E-state index contributed by atoms with van der Waals surface area (Å²) in [7, 11) is -3.10. The van der Waals surface area contributed by atoms with Crippen LogP contribution in [0.4, 0.5) is 5.82 Å². The van der Waals surface area contributed by atoms with Gasteiger partial charge in [0.2, 0.25) is 18.0 Å². The first-order valence-corrected chi connectivity index (χ1v) is 15.4. The van der Waals surface area contributed by atoms with E-state index in [9.17, 15) is 29.3 Å². The number of halogens is 1. The van der Waals surface area contributed by atoms with Crippen molar-refractivity contribution in [1.82, 2.24) is 24.4 Å². The number of carbonyl (C=O) groups is 2. The largest absolute Gasteiger partial charge is 0.438 e. The predicted molar refractivity (Wildman–Crippen MR) is 146 cm³/mol. The highest BCUT2D eigenvalue weighted by Crippen LogP contribution is 2.42. The molecule has 17 heteroatoms. The van der Waals surface area contributed by atoms with Gasteiger partial charge in [0.25, 0.3) is 0 Å². The number of likely N-dealkylation sites (N-methyl/N-ethyl adjacent to an activating group) is 1. The molecule has 228 valence electrons. The first-order valence-electron chi connectivity index (χ1n) is 13.2. The topological polar surface area (TPSA) is 198 Å². The quantitative estimate of drug-likeness (QED) is 0.130. The van der Waals surface area contributed by atoms with E-state index in [4.69, 9.17) is 25.6 Å². The zero-order valence-corrected chi connectivity index (χ0v) is 24.9. The minimum atomic E-state index is -4.45. The van der Waals surface area contributed by atoms with E-state index >= 15 is 0 Å². The first-order chi connectivity index (χ1) is 19.2. The number of esters is 1. The lowest BCUT2D eigenvalue weighted by Gasteiger charge is -2.24. The van der Waals surface area contributed by atoms with Crippen LogP contribution < -0.4 is 5.32 Å². The highest BCUT2D eigenvalue weighted by molar-refractivity contribution is 7.53. The molecule has 4 rings (SSSR count). The van der Waals surface area contributed by atoms with E-state index in [1.54, 1.807) is 20.8 Å². The summed E-state index contributed by atoms with van der Waals surface area (Å²) in [5.41, 5.74) is -0.119. The summed E-state index contributed by atoms with van der Waals surface area (Å²) in [6.07, 6.45) is -0.262. The van der Waals surface area contributed by atoms with Crippen molar-refractivity contribution in [3.8, 4) is 0 Å². The van der Waals surface area contributed by atoms with Crippen molar-refractivity contribution in [1.29, 1.82) is 0 Å². The van der Waals surface area contributed by atoms with Gasteiger partial charge in [0, 0.05) is 19.6 Å². The number of ether oxygens (including phenoxy) is 2. The van der Waals surface area contributed by atoms with Crippen molar-refractivity contribution in [2.75, 3.05) is 31.9 Å². The summed E-state index contributed by atoms with van der Waals surface area (Å²) in [6.45, 7) is 3.82. The van der Waals surface area contributed by atoms with Gasteiger partial charge in [-0.3, -0.25) is 23.2 Å². The van der Waals surface area contributed by atoms with E-state index in [1.165, 1.54) is 17.9 Å². The molecule has 2 aromatic rings. The fraction of sp³-hybridized carbons (Fsp3) is 0.708. The Morgan fingerprint density at radius 3 is 2.59 bits per heavy atom. The third-order valence-electron chi connectivity index (χ3n) is 6.97. The number of aromatic nitrogens is 4. The molecule has 2 fully saturated rings. The Morgan fingerprint density at radius 1 is 1.24 bits per heavy atom. The molecular formula is C24H36ClN6O9P. The molecule has 0 aromatic carbocycles. The number of amides is 1. The van der Waals surface area contributed by atoms with Gasteiger partial charge in [-0.25, -0.2) is 4.98 Å². The van der Waals surface area contributed by atoms with Gasteiger partial charge in [0.15, 0.2) is 23.2 Å². The van der Waals surface area contributed by atoms with Crippen LogP contribution in [-0.4, -0.2) is 102 Å². The molecule has 5 atom stereocenters. The smallest absolute Gasteiger partial charge is 0.340 e. The lowest BCUT2D eigenvalue weighted by molar-refractivity contribution is -0.159. The summed E-state index contributed by atoms with van der Waals surface area (Å²) in [5.74, 6) is -0.964. The fourth-order valence-electron chi connectivity index (χ4n) is 4.64. The van der Waals surface area contributed by atoms with Crippen molar-refractivity contribution < 1.29 is 43.3 Å². The maximum atomic E-state index is 12.6. The van der Waals surface area contributed by atoms with Gasteiger partial charge in [-0.2, -0.15) is 9.97 Å². The normalized spacial score (nSPS) is 24.9. The molecule has 1 saturated carbocycles. The number of hydrogen-bond acceptors (Lipinski definition) is 12. The molecular weight excluding hydrogens is 583 g/mol. The molecule has 41 heavy (non-hydrogen) atoms. The maximum Gasteiger partial charge on any atom is 0.340 e. The van der Waals surface area contributed by atoms with Gasteiger partial charge >= 0.3 is 13.6 Å². The average molecular weight is 619 g/mol. The zero-order valence-electron chi connectivity index (χ0n) is 23.3. The number of fused-ring (bicyclic) bond motifs is 1. The Hall–Kier alpha value is -2.39.